The van der Waals surface area contributed by atoms with Gasteiger partial charge in [-0.3, -0.25) is 0 Å². The first-order valence-electron chi connectivity index (χ1n) is 12.2. The number of H-pyrrole nitrogens is 1. The Labute approximate surface area is 206 Å². The second-order valence-corrected chi connectivity index (χ2v) is 9.40. The lowest BCUT2D eigenvalue weighted by molar-refractivity contribution is 0.866. The van der Waals surface area contributed by atoms with E-state index >= 15 is 0 Å². The fourth-order valence-electron chi connectivity index (χ4n) is 4.88. The molecule has 6 rings (SSSR count). The number of nitrogens with one attached hydrogen (secondary N) is 1. The minimum absolute atomic E-state index is 0.481. The molecule has 5 aromatic carbocycles. The summed E-state index contributed by atoms with van der Waals surface area (Å²) in [6, 6.07) is 43.5. The molecule has 0 saturated heterocycles. The molecule has 0 aliphatic carbocycles. The van der Waals surface area contributed by atoms with E-state index in [0.29, 0.717) is 5.92 Å². The molecule has 0 bridgehead atoms. The average Bonchev–Trinajstić information content (AvgIpc) is 3.28. The summed E-state index contributed by atoms with van der Waals surface area (Å²) in [5, 5.41) is 2.53. The molecule has 0 amide bonds. The molecule has 0 aliphatic heterocycles. The summed E-state index contributed by atoms with van der Waals surface area (Å²) >= 11 is 0. The first-order chi connectivity index (χ1) is 17.2. The third-order valence-corrected chi connectivity index (χ3v) is 6.77. The van der Waals surface area contributed by atoms with E-state index in [4.69, 9.17) is 0 Å². The minimum Gasteiger partial charge on any atom is -0.355 e. The third kappa shape index (κ3) is 3.98. The van der Waals surface area contributed by atoms with Gasteiger partial charge < -0.3 is 9.88 Å². The SMILES string of the molecule is CC(C)c1cccc(N(c2ccccc2)c2ccc(-c3ccc4[nH]c5ccccc5c4c3)cc2)c1. The normalized spacial score (nSPS) is 11.4. The van der Waals surface area contributed by atoms with Gasteiger partial charge in [0.2, 0.25) is 0 Å². The van der Waals surface area contributed by atoms with E-state index in [1.807, 2.05) is 0 Å². The lowest BCUT2D eigenvalue weighted by Gasteiger charge is -2.26. The largest absolute Gasteiger partial charge is 0.355 e. The summed E-state index contributed by atoms with van der Waals surface area (Å²) < 4.78 is 0. The molecule has 0 fully saturated rings. The summed E-state index contributed by atoms with van der Waals surface area (Å²) in [5.41, 5.74) is 9.61. The lowest BCUT2D eigenvalue weighted by atomic mass is 10.0. The summed E-state index contributed by atoms with van der Waals surface area (Å²) in [6.07, 6.45) is 0. The van der Waals surface area contributed by atoms with Gasteiger partial charge in [-0.15, -0.1) is 0 Å². The van der Waals surface area contributed by atoms with Crippen LogP contribution in [0.25, 0.3) is 32.9 Å². The van der Waals surface area contributed by atoms with E-state index in [1.165, 1.54) is 44.2 Å². The Morgan fingerprint density at radius 1 is 0.514 bits per heavy atom. The van der Waals surface area contributed by atoms with Crippen molar-refractivity contribution in [1.82, 2.24) is 4.98 Å². The number of hydrogen-bond donors (Lipinski definition) is 1. The highest BCUT2D eigenvalue weighted by atomic mass is 15.1. The smallest absolute Gasteiger partial charge is 0.0465 e. The van der Waals surface area contributed by atoms with Crippen LogP contribution in [0.15, 0.2) is 121 Å². The second kappa shape index (κ2) is 8.81. The number of anilines is 3. The Morgan fingerprint density at radius 3 is 1.97 bits per heavy atom. The highest BCUT2D eigenvalue weighted by molar-refractivity contribution is 6.08. The molecule has 6 aromatic rings. The van der Waals surface area contributed by atoms with Gasteiger partial charge in [-0.2, -0.15) is 0 Å². The van der Waals surface area contributed by atoms with Crippen LogP contribution in [-0.2, 0) is 0 Å². The van der Waals surface area contributed by atoms with Gasteiger partial charge in [-0.25, -0.2) is 0 Å². The van der Waals surface area contributed by atoms with Crippen molar-refractivity contribution in [3.63, 3.8) is 0 Å². The van der Waals surface area contributed by atoms with Crippen LogP contribution in [0.2, 0.25) is 0 Å². The fraction of sp³-hybridized carbons (Fsp3) is 0.0909. The van der Waals surface area contributed by atoms with Crippen LogP contribution in [-0.4, -0.2) is 4.98 Å². The number of benzene rings is 5. The molecular formula is C33H28N2. The van der Waals surface area contributed by atoms with Crippen LogP contribution < -0.4 is 4.90 Å². The Balaban J connectivity index is 1.41. The van der Waals surface area contributed by atoms with Gasteiger partial charge >= 0.3 is 0 Å². The topological polar surface area (TPSA) is 19.0 Å². The molecule has 170 valence electrons. The first-order valence-corrected chi connectivity index (χ1v) is 12.2. The lowest BCUT2D eigenvalue weighted by Crippen LogP contribution is -2.10. The van der Waals surface area contributed by atoms with Crippen LogP contribution in [0.4, 0.5) is 17.1 Å². The van der Waals surface area contributed by atoms with Crippen molar-refractivity contribution in [2.24, 2.45) is 0 Å². The van der Waals surface area contributed by atoms with Gasteiger partial charge in [0.25, 0.3) is 0 Å². The second-order valence-electron chi connectivity index (χ2n) is 9.40. The molecule has 1 heterocycles. The van der Waals surface area contributed by atoms with E-state index in [2.05, 4.69) is 145 Å². The molecule has 35 heavy (non-hydrogen) atoms. The maximum Gasteiger partial charge on any atom is 0.0465 e. The molecule has 2 nitrogen and oxygen atoms in total. The van der Waals surface area contributed by atoms with E-state index in [-0.39, 0.29) is 0 Å². The Bertz CT molecular complexity index is 1610. The molecule has 0 atom stereocenters. The third-order valence-electron chi connectivity index (χ3n) is 6.77. The van der Waals surface area contributed by atoms with Gasteiger partial charge in [0.1, 0.15) is 0 Å². The fourth-order valence-corrected chi connectivity index (χ4v) is 4.88. The van der Waals surface area contributed by atoms with Crippen LogP contribution in [0.5, 0.6) is 0 Å². The predicted molar refractivity (Wildman–Crippen MR) is 150 cm³/mol. The molecule has 1 aromatic heterocycles. The molecular weight excluding hydrogens is 424 g/mol. The van der Waals surface area contributed by atoms with Crippen molar-refractivity contribution in [1.29, 1.82) is 0 Å². The number of rotatable bonds is 5. The van der Waals surface area contributed by atoms with Crippen molar-refractivity contribution in [2.75, 3.05) is 4.90 Å². The summed E-state index contributed by atoms with van der Waals surface area (Å²) in [4.78, 5) is 5.85. The molecule has 0 saturated carbocycles. The van der Waals surface area contributed by atoms with Gasteiger partial charge in [0.15, 0.2) is 0 Å². The van der Waals surface area contributed by atoms with Crippen molar-refractivity contribution in [2.45, 2.75) is 19.8 Å². The van der Waals surface area contributed by atoms with Crippen LogP contribution in [0.1, 0.15) is 25.3 Å². The predicted octanol–water partition coefficient (Wildman–Crippen LogP) is 9.58. The summed E-state index contributed by atoms with van der Waals surface area (Å²) in [5.74, 6) is 0.481. The number of aromatic nitrogens is 1. The molecule has 0 radical (unpaired) electrons. The van der Waals surface area contributed by atoms with Gasteiger partial charge in [0.05, 0.1) is 0 Å². The van der Waals surface area contributed by atoms with Crippen LogP contribution in [0, 0.1) is 0 Å². The van der Waals surface area contributed by atoms with E-state index in [9.17, 15) is 0 Å². The Morgan fingerprint density at radius 2 is 1.17 bits per heavy atom. The quantitative estimate of drug-likeness (QED) is 0.276. The summed E-state index contributed by atoms with van der Waals surface area (Å²) in [7, 11) is 0. The number of hydrogen-bond acceptors (Lipinski definition) is 1. The highest BCUT2D eigenvalue weighted by Crippen LogP contribution is 2.37. The van der Waals surface area contributed by atoms with Crippen molar-refractivity contribution < 1.29 is 0 Å². The monoisotopic (exact) mass is 452 g/mol. The van der Waals surface area contributed by atoms with Crippen LogP contribution >= 0.6 is 0 Å². The summed E-state index contributed by atoms with van der Waals surface area (Å²) in [6.45, 7) is 4.48. The first kappa shape index (κ1) is 21.2. The van der Waals surface area contributed by atoms with Crippen molar-refractivity contribution in [3.8, 4) is 11.1 Å². The zero-order valence-corrected chi connectivity index (χ0v) is 20.1. The van der Waals surface area contributed by atoms with Gasteiger partial charge in [-0.05, 0) is 77.2 Å². The highest BCUT2D eigenvalue weighted by Gasteiger charge is 2.14. The molecule has 0 spiro atoms. The van der Waals surface area contributed by atoms with Crippen molar-refractivity contribution >= 4 is 38.9 Å². The Kier molecular flexibility index (Phi) is 5.35. The van der Waals surface area contributed by atoms with E-state index in [0.717, 1.165) is 11.4 Å². The van der Waals surface area contributed by atoms with E-state index in [1.54, 1.807) is 0 Å². The standard InChI is InChI=1S/C33H28N2/c1-23(2)25-9-8-12-29(21-25)35(27-10-4-3-5-11-27)28-18-15-24(16-19-28)26-17-20-33-31(22-26)30-13-6-7-14-32(30)34-33/h3-23,34H,1-2H3. The number of para-hydroxylation sites is 2. The average molecular weight is 453 g/mol. The Hall–Kier alpha value is -4.30. The zero-order valence-electron chi connectivity index (χ0n) is 20.1. The number of nitrogens with zero attached hydrogens (tertiary/aromatic N) is 1. The van der Waals surface area contributed by atoms with E-state index < -0.39 is 0 Å². The molecule has 1 N–H and O–H groups in total. The van der Waals surface area contributed by atoms with Crippen LogP contribution in [0.3, 0.4) is 0 Å². The minimum atomic E-state index is 0.481. The number of fused-ring (bicyclic) bond motifs is 3. The number of aromatic amines is 1. The zero-order chi connectivity index (χ0) is 23.8. The molecule has 0 aliphatic rings. The maximum absolute atomic E-state index is 3.52. The molecule has 2 heteroatoms. The maximum atomic E-state index is 3.52. The van der Waals surface area contributed by atoms with Crippen molar-refractivity contribution in [3.05, 3.63) is 127 Å². The molecule has 0 unspecified atom stereocenters. The van der Waals surface area contributed by atoms with Gasteiger partial charge in [-0.1, -0.05) is 80.6 Å². The van der Waals surface area contributed by atoms with Gasteiger partial charge in [0, 0.05) is 38.9 Å².